The topological polar surface area (TPSA) is 85.6 Å². The lowest BCUT2D eigenvalue weighted by Crippen LogP contribution is -2.14. The zero-order valence-electron chi connectivity index (χ0n) is 11.1. The van der Waals surface area contributed by atoms with Crippen LogP contribution in [0.15, 0.2) is 28.4 Å². The maximum absolute atomic E-state index is 11.2. The van der Waals surface area contributed by atoms with E-state index in [-0.39, 0.29) is 5.95 Å². The molecule has 1 aromatic heterocycles. The molecular formula is C12H14N4O3S. The highest BCUT2D eigenvalue weighted by Gasteiger charge is 2.14. The minimum absolute atomic E-state index is 0.0412. The molecule has 0 aliphatic rings. The van der Waals surface area contributed by atoms with Crippen LogP contribution in [-0.4, -0.2) is 28.6 Å². The van der Waals surface area contributed by atoms with Crippen LogP contribution in [-0.2, 0) is 4.74 Å². The van der Waals surface area contributed by atoms with Gasteiger partial charge in [0.2, 0.25) is 5.95 Å². The van der Waals surface area contributed by atoms with Crippen molar-refractivity contribution in [2.45, 2.75) is 18.2 Å². The van der Waals surface area contributed by atoms with Crippen LogP contribution < -0.4 is 5.32 Å². The molecule has 20 heavy (non-hydrogen) atoms. The summed E-state index contributed by atoms with van der Waals surface area (Å²) in [5.41, 5.74) is 1.13. The summed E-state index contributed by atoms with van der Waals surface area (Å²) in [5.74, 6) is 1.05. The molecular weight excluding hydrogens is 280 g/mol. The first-order valence-corrected chi connectivity index (χ1v) is 7.02. The van der Waals surface area contributed by atoms with Crippen molar-refractivity contribution in [2.24, 2.45) is 5.29 Å². The Morgan fingerprint density at radius 1 is 1.55 bits per heavy atom. The number of aromatic nitrogens is 2. The van der Waals surface area contributed by atoms with Gasteiger partial charge in [-0.25, -0.2) is 9.78 Å². The van der Waals surface area contributed by atoms with Crippen molar-refractivity contribution < 1.29 is 9.53 Å². The van der Waals surface area contributed by atoms with E-state index in [1.807, 2.05) is 12.1 Å². The maximum atomic E-state index is 11.2. The lowest BCUT2D eigenvalue weighted by molar-refractivity contribution is 0.186. The summed E-state index contributed by atoms with van der Waals surface area (Å²) < 4.78 is 5.50. The molecule has 0 fully saturated rings. The summed E-state index contributed by atoms with van der Waals surface area (Å²) in [6.07, 6.45) is 0.369. The van der Waals surface area contributed by atoms with Crippen molar-refractivity contribution in [3.8, 4) is 0 Å². The molecule has 0 saturated heterocycles. The quantitative estimate of drug-likeness (QED) is 0.675. The first-order chi connectivity index (χ1) is 9.69. The number of nitrogens with zero attached hydrogens (tertiary/aromatic N) is 3. The van der Waals surface area contributed by atoms with Crippen LogP contribution in [0.4, 0.5) is 10.7 Å². The number of hydrogen-bond acceptors (Lipinski definition) is 6. The van der Waals surface area contributed by atoms with Crippen LogP contribution in [0.25, 0.3) is 11.0 Å². The Morgan fingerprint density at radius 3 is 3.00 bits per heavy atom. The minimum Gasteiger partial charge on any atom is -0.453 e. The van der Waals surface area contributed by atoms with Gasteiger partial charge in [0.15, 0.2) is 0 Å². The van der Waals surface area contributed by atoms with Crippen molar-refractivity contribution in [2.75, 3.05) is 18.2 Å². The third-order valence-electron chi connectivity index (χ3n) is 2.56. The molecule has 106 valence electrons. The van der Waals surface area contributed by atoms with E-state index in [4.69, 9.17) is 0 Å². The van der Waals surface area contributed by atoms with Gasteiger partial charge in [0.25, 0.3) is 0 Å². The summed E-state index contributed by atoms with van der Waals surface area (Å²) in [5, 5.41) is 5.22. The molecule has 8 heteroatoms. The number of nitroso groups, excluding NO2 is 1. The van der Waals surface area contributed by atoms with E-state index in [2.05, 4.69) is 27.2 Å². The van der Waals surface area contributed by atoms with Gasteiger partial charge in [0, 0.05) is 4.90 Å². The zero-order valence-corrected chi connectivity index (χ0v) is 11.9. The summed E-state index contributed by atoms with van der Waals surface area (Å²) >= 11 is 1.71. The van der Waals surface area contributed by atoms with E-state index in [9.17, 15) is 9.70 Å². The number of rotatable bonds is 5. The van der Waals surface area contributed by atoms with E-state index in [0.29, 0.717) is 11.0 Å². The molecule has 0 spiro atoms. The fourth-order valence-electron chi connectivity index (χ4n) is 1.66. The maximum Gasteiger partial charge on any atom is 0.413 e. The third-order valence-corrected chi connectivity index (χ3v) is 3.76. The van der Waals surface area contributed by atoms with Crippen molar-refractivity contribution in [1.29, 1.82) is 0 Å². The van der Waals surface area contributed by atoms with Gasteiger partial charge < -0.3 is 4.74 Å². The molecule has 2 aromatic rings. The molecule has 0 unspecified atom stereocenters. The highest BCUT2D eigenvalue weighted by molar-refractivity contribution is 7.99. The number of imidazole rings is 1. The molecule has 0 radical (unpaired) electrons. The lowest BCUT2D eigenvalue weighted by atomic mass is 10.3. The van der Waals surface area contributed by atoms with Crippen LogP contribution in [0.1, 0.15) is 13.3 Å². The SMILES string of the molecule is CCCSc1ccc2c(c1)nc(NC(=O)OC)n2N=O. The number of benzene rings is 1. The fraction of sp³-hybridized carbons (Fsp3) is 0.333. The predicted octanol–water partition coefficient (Wildman–Crippen LogP) is 3.25. The smallest absolute Gasteiger partial charge is 0.413 e. The van der Waals surface area contributed by atoms with Crippen LogP contribution in [0, 0.1) is 4.91 Å². The largest absolute Gasteiger partial charge is 0.453 e. The average molecular weight is 294 g/mol. The van der Waals surface area contributed by atoms with Crippen molar-refractivity contribution in [1.82, 2.24) is 9.66 Å². The van der Waals surface area contributed by atoms with E-state index in [1.54, 1.807) is 17.8 Å². The van der Waals surface area contributed by atoms with Gasteiger partial charge in [0.05, 0.1) is 23.4 Å². The average Bonchev–Trinajstić information content (AvgIpc) is 2.80. The Kier molecular flexibility index (Phi) is 4.57. The predicted molar refractivity (Wildman–Crippen MR) is 78.0 cm³/mol. The second-order valence-corrected chi connectivity index (χ2v) is 5.11. The van der Waals surface area contributed by atoms with Gasteiger partial charge in [-0.05, 0) is 30.4 Å². The van der Waals surface area contributed by atoms with Gasteiger partial charge in [-0.3, -0.25) is 5.32 Å². The van der Waals surface area contributed by atoms with Gasteiger partial charge in [-0.15, -0.1) is 16.7 Å². The first-order valence-electron chi connectivity index (χ1n) is 6.03. The van der Waals surface area contributed by atoms with Crippen LogP contribution in [0.3, 0.4) is 0 Å². The molecule has 1 heterocycles. The van der Waals surface area contributed by atoms with E-state index in [0.717, 1.165) is 21.7 Å². The Bertz CT molecular complexity index is 641. The van der Waals surface area contributed by atoms with Crippen molar-refractivity contribution in [3.05, 3.63) is 23.1 Å². The number of carbonyl (C=O) groups is 1. The molecule has 0 bridgehead atoms. The summed E-state index contributed by atoms with van der Waals surface area (Å²) in [7, 11) is 1.23. The zero-order chi connectivity index (χ0) is 14.5. The summed E-state index contributed by atoms with van der Waals surface area (Å²) in [6, 6.07) is 5.51. The molecule has 0 atom stereocenters. The van der Waals surface area contributed by atoms with E-state index in [1.165, 1.54) is 7.11 Å². The molecule has 7 nitrogen and oxygen atoms in total. The number of ether oxygens (including phenoxy) is 1. The van der Waals surface area contributed by atoms with Crippen LogP contribution in [0.2, 0.25) is 0 Å². The second kappa shape index (κ2) is 6.38. The number of hydrogen-bond donors (Lipinski definition) is 1. The Balaban J connectivity index is 2.39. The van der Waals surface area contributed by atoms with Gasteiger partial charge in [-0.1, -0.05) is 6.92 Å². The third kappa shape index (κ3) is 2.90. The van der Waals surface area contributed by atoms with Crippen molar-refractivity contribution >= 4 is 34.8 Å². The first kappa shape index (κ1) is 14.3. The van der Waals surface area contributed by atoms with Crippen LogP contribution in [0.5, 0.6) is 0 Å². The lowest BCUT2D eigenvalue weighted by Gasteiger charge is -2.01. The number of amides is 1. The highest BCUT2D eigenvalue weighted by atomic mass is 32.2. The molecule has 0 aliphatic heterocycles. The highest BCUT2D eigenvalue weighted by Crippen LogP contribution is 2.26. The van der Waals surface area contributed by atoms with Crippen LogP contribution >= 0.6 is 11.8 Å². The number of methoxy groups -OCH3 is 1. The molecule has 0 aliphatic carbocycles. The van der Waals surface area contributed by atoms with Gasteiger partial charge in [-0.2, -0.15) is 4.68 Å². The number of nitrogens with one attached hydrogen (secondary N) is 1. The molecule has 1 N–H and O–H groups in total. The number of anilines is 1. The van der Waals surface area contributed by atoms with Gasteiger partial charge in [0.1, 0.15) is 0 Å². The number of fused-ring (bicyclic) bond motifs is 1. The summed E-state index contributed by atoms with van der Waals surface area (Å²) in [4.78, 5) is 27.3. The van der Waals surface area contributed by atoms with Crippen molar-refractivity contribution in [3.63, 3.8) is 0 Å². The summed E-state index contributed by atoms with van der Waals surface area (Å²) in [6.45, 7) is 2.11. The standard InChI is InChI=1S/C12H14N4O3S/c1-3-6-20-8-4-5-10-9(7-8)13-11(16(10)15-18)14-12(17)19-2/h4-5,7H,3,6H2,1-2H3,(H,13,14,17). The Labute approximate surface area is 119 Å². The minimum atomic E-state index is -0.703. The normalized spacial score (nSPS) is 10.5. The molecule has 2 rings (SSSR count). The Morgan fingerprint density at radius 2 is 2.35 bits per heavy atom. The monoisotopic (exact) mass is 294 g/mol. The fourth-order valence-corrected chi connectivity index (χ4v) is 2.46. The number of thioether (sulfide) groups is 1. The molecule has 1 amide bonds. The second-order valence-electron chi connectivity index (χ2n) is 3.94. The van der Waals surface area contributed by atoms with Gasteiger partial charge >= 0.3 is 6.09 Å². The molecule has 1 aromatic carbocycles. The van der Waals surface area contributed by atoms with E-state index < -0.39 is 6.09 Å². The molecule has 0 saturated carbocycles. The van der Waals surface area contributed by atoms with E-state index >= 15 is 0 Å². The number of carbonyl (C=O) groups excluding carboxylic acids is 1. The Hall–Kier alpha value is -2.09.